The third kappa shape index (κ3) is 1.52. The average molecular weight is 187 g/mol. The molecule has 2 aromatic rings. The number of pyridine rings is 1. The maximum absolute atomic E-state index is 5.71. The zero-order chi connectivity index (χ0) is 9.97. The number of nitrogen functional groups attached to an aromatic ring is 1. The maximum atomic E-state index is 5.71. The average Bonchev–Trinajstić information content (AvgIpc) is 2.19. The van der Waals surface area contributed by atoms with E-state index in [9.17, 15) is 0 Å². The quantitative estimate of drug-likeness (QED) is 0.715. The van der Waals surface area contributed by atoms with E-state index in [4.69, 9.17) is 5.73 Å². The lowest BCUT2D eigenvalue weighted by atomic mass is 10.2. The van der Waals surface area contributed by atoms with Crippen LogP contribution in [-0.4, -0.2) is 20.2 Å². The van der Waals surface area contributed by atoms with Crippen molar-refractivity contribution < 1.29 is 0 Å². The van der Waals surface area contributed by atoms with Gasteiger partial charge >= 0.3 is 0 Å². The van der Waals surface area contributed by atoms with Gasteiger partial charge in [-0.25, -0.2) is 4.98 Å². The van der Waals surface area contributed by atoms with Crippen molar-refractivity contribution in [3.05, 3.63) is 30.4 Å². The molecule has 0 amide bonds. The van der Waals surface area contributed by atoms with Crippen LogP contribution in [0.4, 0.5) is 5.82 Å². The Morgan fingerprint density at radius 2 is 2.14 bits per heavy atom. The lowest BCUT2D eigenvalue weighted by Gasteiger charge is -2.02. The third-order valence-electron chi connectivity index (χ3n) is 1.75. The molecule has 0 aromatic carbocycles. The minimum atomic E-state index is 0.380. The van der Waals surface area contributed by atoms with Crippen molar-refractivity contribution in [2.75, 3.05) is 5.73 Å². The Labute approximate surface area is 81.0 Å². The highest BCUT2D eigenvalue weighted by atomic mass is 15.2. The van der Waals surface area contributed by atoms with E-state index < -0.39 is 0 Å². The monoisotopic (exact) mass is 187 g/mol. The summed E-state index contributed by atoms with van der Waals surface area (Å²) in [6.45, 7) is 1.75. The van der Waals surface area contributed by atoms with Gasteiger partial charge in [-0.2, -0.15) is 0 Å². The SMILES string of the molecule is Cc1nnc(-c2cccnc2)c(N)n1. The van der Waals surface area contributed by atoms with E-state index in [0.29, 0.717) is 17.3 Å². The number of nitrogens with zero attached hydrogens (tertiary/aromatic N) is 4. The molecule has 0 saturated carbocycles. The van der Waals surface area contributed by atoms with Gasteiger partial charge < -0.3 is 5.73 Å². The second kappa shape index (κ2) is 3.37. The summed E-state index contributed by atoms with van der Waals surface area (Å²) in [5, 5.41) is 7.82. The summed E-state index contributed by atoms with van der Waals surface area (Å²) in [6.07, 6.45) is 3.37. The van der Waals surface area contributed by atoms with E-state index in [2.05, 4.69) is 20.2 Å². The predicted molar refractivity (Wildman–Crippen MR) is 52.2 cm³/mol. The second-order valence-corrected chi connectivity index (χ2v) is 2.83. The van der Waals surface area contributed by atoms with Crippen LogP contribution in [0.1, 0.15) is 5.82 Å². The van der Waals surface area contributed by atoms with Gasteiger partial charge in [0.15, 0.2) is 5.82 Å². The van der Waals surface area contributed by atoms with Gasteiger partial charge in [0.1, 0.15) is 11.5 Å². The first kappa shape index (κ1) is 8.55. The smallest absolute Gasteiger partial charge is 0.154 e. The van der Waals surface area contributed by atoms with Gasteiger partial charge in [0.25, 0.3) is 0 Å². The van der Waals surface area contributed by atoms with Gasteiger partial charge in [0, 0.05) is 18.0 Å². The van der Waals surface area contributed by atoms with E-state index in [0.717, 1.165) is 5.56 Å². The summed E-state index contributed by atoms with van der Waals surface area (Å²) in [5.41, 5.74) is 7.11. The van der Waals surface area contributed by atoms with Crippen LogP contribution in [0.5, 0.6) is 0 Å². The second-order valence-electron chi connectivity index (χ2n) is 2.83. The van der Waals surface area contributed by atoms with Crippen LogP contribution in [0.15, 0.2) is 24.5 Å². The number of hydrogen-bond acceptors (Lipinski definition) is 5. The Morgan fingerprint density at radius 1 is 1.29 bits per heavy atom. The molecule has 0 unspecified atom stereocenters. The highest BCUT2D eigenvalue weighted by Crippen LogP contribution is 2.18. The maximum Gasteiger partial charge on any atom is 0.154 e. The lowest BCUT2D eigenvalue weighted by molar-refractivity contribution is 0.920. The summed E-state index contributed by atoms with van der Waals surface area (Å²) < 4.78 is 0. The molecule has 70 valence electrons. The van der Waals surface area contributed by atoms with E-state index in [-0.39, 0.29) is 0 Å². The number of nitrogens with two attached hydrogens (primary N) is 1. The number of rotatable bonds is 1. The molecule has 2 N–H and O–H groups in total. The number of aromatic nitrogens is 4. The summed E-state index contributed by atoms with van der Waals surface area (Å²) in [6, 6.07) is 3.68. The van der Waals surface area contributed by atoms with Crippen molar-refractivity contribution in [1.29, 1.82) is 0 Å². The molecule has 0 radical (unpaired) electrons. The largest absolute Gasteiger partial charge is 0.382 e. The van der Waals surface area contributed by atoms with Crippen LogP contribution >= 0.6 is 0 Å². The van der Waals surface area contributed by atoms with E-state index >= 15 is 0 Å². The Hall–Kier alpha value is -2.04. The molecule has 0 atom stereocenters. The van der Waals surface area contributed by atoms with Crippen molar-refractivity contribution in [3.63, 3.8) is 0 Å². The van der Waals surface area contributed by atoms with Gasteiger partial charge in [0.2, 0.25) is 0 Å². The Morgan fingerprint density at radius 3 is 2.79 bits per heavy atom. The van der Waals surface area contributed by atoms with Crippen LogP contribution in [-0.2, 0) is 0 Å². The van der Waals surface area contributed by atoms with Crippen molar-refractivity contribution in [2.45, 2.75) is 6.92 Å². The molecule has 0 saturated heterocycles. The fraction of sp³-hybridized carbons (Fsp3) is 0.111. The highest BCUT2D eigenvalue weighted by molar-refractivity contribution is 5.67. The lowest BCUT2D eigenvalue weighted by Crippen LogP contribution is -2.02. The zero-order valence-electron chi connectivity index (χ0n) is 7.68. The molecule has 0 aliphatic carbocycles. The molecule has 0 fully saturated rings. The Bertz CT molecular complexity index is 440. The van der Waals surface area contributed by atoms with Crippen LogP contribution in [0.2, 0.25) is 0 Å². The third-order valence-corrected chi connectivity index (χ3v) is 1.75. The molecule has 2 aromatic heterocycles. The predicted octanol–water partition coefficient (Wildman–Crippen LogP) is 0.824. The van der Waals surface area contributed by atoms with Crippen molar-refractivity contribution in [3.8, 4) is 11.3 Å². The van der Waals surface area contributed by atoms with Crippen molar-refractivity contribution in [2.24, 2.45) is 0 Å². The number of hydrogen-bond donors (Lipinski definition) is 1. The van der Waals surface area contributed by atoms with Crippen LogP contribution in [0.25, 0.3) is 11.3 Å². The fourth-order valence-electron chi connectivity index (χ4n) is 1.13. The molecule has 5 nitrogen and oxygen atoms in total. The molecular weight excluding hydrogens is 178 g/mol. The Kier molecular flexibility index (Phi) is 2.06. The van der Waals surface area contributed by atoms with Crippen LogP contribution in [0.3, 0.4) is 0 Å². The highest BCUT2D eigenvalue weighted by Gasteiger charge is 2.06. The molecular formula is C9H9N5. The summed E-state index contributed by atoms with van der Waals surface area (Å²) in [4.78, 5) is 8.00. The first-order chi connectivity index (χ1) is 6.77. The first-order valence-corrected chi connectivity index (χ1v) is 4.14. The minimum absolute atomic E-state index is 0.380. The topological polar surface area (TPSA) is 77.6 Å². The normalized spacial score (nSPS) is 10.1. The van der Waals surface area contributed by atoms with Crippen LogP contribution in [0, 0.1) is 6.92 Å². The molecule has 0 aliphatic rings. The Balaban J connectivity index is 2.53. The van der Waals surface area contributed by atoms with Gasteiger partial charge in [-0.05, 0) is 19.1 Å². The molecule has 0 bridgehead atoms. The molecule has 2 rings (SSSR count). The van der Waals surface area contributed by atoms with Gasteiger partial charge in [0.05, 0.1) is 0 Å². The molecule has 0 aliphatic heterocycles. The minimum Gasteiger partial charge on any atom is -0.382 e. The van der Waals surface area contributed by atoms with Crippen LogP contribution < -0.4 is 5.73 Å². The van der Waals surface area contributed by atoms with E-state index in [1.54, 1.807) is 19.3 Å². The van der Waals surface area contributed by atoms with Crippen molar-refractivity contribution >= 4 is 5.82 Å². The van der Waals surface area contributed by atoms with Gasteiger partial charge in [-0.15, -0.1) is 10.2 Å². The van der Waals surface area contributed by atoms with E-state index in [1.807, 2.05) is 12.1 Å². The fourth-order valence-corrected chi connectivity index (χ4v) is 1.13. The van der Waals surface area contributed by atoms with Gasteiger partial charge in [-0.1, -0.05) is 0 Å². The van der Waals surface area contributed by atoms with E-state index in [1.165, 1.54) is 0 Å². The summed E-state index contributed by atoms with van der Waals surface area (Å²) >= 11 is 0. The number of anilines is 1. The standard InChI is InChI=1S/C9H9N5/c1-6-12-9(10)8(14-13-6)7-3-2-4-11-5-7/h2-5H,1H3,(H2,10,12,13). The summed E-state index contributed by atoms with van der Waals surface area (Å²) in [5.74, 6) is 0.945. The summed E-state index contributed by atoms with van der Waals surface area (Å²) in [7, 11) is 0. The van der Waals surface area contributed by atoms with Gasteiger partial charge in [-0.3, -0.25) is 4.98 Å². The first-order valence-electron chi connectivity index (χ1n) is 4.14. The molecule has 2 heterocycles. The number of aryl methyl sites for hydroxylation is 1. The molecule has 14 heavy (non-hydrogen) atoms. The molecule has 0 spiro atoms. The van der Waals surface area contributed by atoms with Crippen molar-refractivity contribution in [1.82, 2.24) is 20.2 Å². The zero-order valence-corrected chi connectivity index (χ0v) is 7.68. The molecule has 5 heteroatoms.